The molecular formula is C13H14ClN3O2S. The lowest BCUT2D eigenvalue weighted by molar-refractivity contribution is 0.607. The van der Waals surface area contributed by atoms with Gasteiger partial charge in [0.05, 0.1) is 18.1 Å². The van der Waals surface area contributed by atoms with E-state index in [2.05, 4.69) is 15.0 Å². The van der Waals surface area contributed by atoms with Crippen LogP contribution in [0.5, 0.6) is 0 Å². The average molecular weight is 312 g/mol. The summed E-state index contributed by atoms with van der Waals surface area (Å²) in [6, 6.07) is 8.85. The zero-order chi connectivity index (χ0) is 14.8. The number of anilines is 3. The van der Waals surface area contributed by atoms with E-state index >= 15 is 0 Å². The van der Waals surface area contributed by atoms with E-state index in [0.717, 1.165) is 17.5 Å². The molecule has 20 heavy (non-hydrogen) atoms. The van der Waals surface area contributed by atoms with Crippen LogP contribution in [0.15, 0.2) is 36.5 Å². The minimum atomic E-state index is -3.29. The van der Waals surface area contributed by atoms with Crippen molar-refractivity contribution in [3.05, 3.63) is 47.1 Å². The quantitative estimate of drug-likeness (QED) is 0.910. The molecule has 0 saturated carbocycles. The predicted molar refractivity (Wildman–Crippen MR) is 82.2 cm³/mol. The molecule has 1 aromatic carbocycles. The minimum absolute atomic E-state index is 0.417. The van der Waals surface area contributed by atoms with E-state index in [0.29, 0.717) is 16.5 Å². The number of nitrogens with zero attached hydrogens (tertiary/aromatic N) is 1. The van der Waals surface area contributed by atoms with E-state index in [1.54, 1.807) is 18.2 Å². The second kappa shape index (κ2) is 5.68. The van der Waals surface area contributed by atoms with Gasteiger partial charge in [0.2, 0.25) is 10.0 Å². The fourth-order valence-corrected chi connectivity index (χ4v) is 2.33. The fraction of sp³-hybridized carbons (Fsp3) is 0.154. The number of hydrogen-bond donors (Lipinski definition) is 2. The van der Waals surface area contributed by atoms with Gasteiger partial charge in [-0.2, -0.15) is 0 Å². The van der Waals surface area contributed by atoms with Crippen LogP contribution in [0, 0.1) is 6.92 Å². The summed E-state index contributed by atoms with van der Waals surface area (Å²) < 4.78 is 24.5. The van der Waals surface area contributed by atoms with Gasteiger partial charge >= 0.3 is 0 Å². The molecular weight excluding hydrogens is 298 g/mol. The molecule has 0 spiro atoms. The van der Waals surface area contributed by atoms with E-state index in [9.17, 15) is 8.42 Å². The van der Waals surface area contributed by atoms with Gasteiger partial charge in [-0.15, -0.1) is 0 Å². The first-order valence-corrected chi connectivity index (χ1v) is 8.07. The SMILES string of the molecule is Cc1ccc(Cl)cc1Nc1ccc(NS(C)(=O)=O)cn1. The summed E-state index contributed by atoms with van der Waals surface area (Å²) in [6.07, 6.45) is 2.54. The number of benzene rings is 1. The number of pyridine rings is 1. The van der Waals surface area contributed by atoms with Crippen molar-refractivity contribution in [2.45, 2.75) is 6.92 Å². The lowest BCUT2D eigenvalue weighted by Crippen LogP contribution is -2.09. The maximum atomic E-state index is 11.1. The Morgan fingerprint density at radius 2 is 1.95 bits per heavy atom. The highest BCUT2D eigenvalue weighted by atomic mass is 35.5. The first-order chi connectivity index (χ1) is 9.33. The third-order valence-electron chi connectivity index (χ3n) is 2.53. The molecule has 0 fully saturated rings. The molecule has 0 bridgehead atoms. The number of hydrogen-bond acceptors (Lipinski definition) is 4. The molecule has 2 rings (SSSR count). The normalized spacial score (nSPS) is 11.2. The van der Waals surface area contributed by atoms with E-state index < -0.39 is 10.0 Å². The third kappa shape index (κ3) is 4.11. The standard InChI is InChI=1S/C13H14ClN3O2S/c1-9-3-4-10(14)7-12(9)16-13-6-5-11(8-15-13)17-20(2,18)19/h3-8,17H,1-2H3,(H,15,16). The lowest BCUT2D eigenvalue weighted by Gasteiger charge is -2.10. The van der Waals surface area contributed by atoms with Crippen LogP contribution in [-0.2, 0) is 10.0 Å². The molecule has 0 atom stereocenters. The van der Waals surface area contributed by atoms with Gasteiger partial charge < -0.3 is 5.32 Å². The molecule has 0 unspecified atom stereocenters. The van der Waals surface area contributed by atoms with Gasteiger partial charge in [-0.25, -0.2) is 13.4 Å². The summed E-state index contributed by atoms with van der Waals surface area (Å²) in [5.74, 6) is 0.606. The maximum Gasteiger partial charge on any atom is 0.229 e. The zero-order valence-corrected chi connectivity index (χ0v) is 12.6. The molecule has 7 heteroatoms. The first-order valence-electron chi connectivity index (χ1n) is 5.80. The zero-order valence-electron chi connectivity index (χ0n) is 11.0. The molecule has 0 radical (unpaired) electrons. The van der Waals surface area contributed by atoms with Gasteiger partial charge in [-0.05, 0) is 36.8 Å². The Bertz CT molecular complexity index is 715. The molecule has 1 heterocycles. The average Bonchev–Trinajstić information content (AvgIpc) is 2.34. The predicted octanol–water partition coefficient (Wildman–Crippen LogP) is 3.16. The Morgan fingerprint density at radius 1 is 1.20 bits per heavy atom. The van der Waals surface area contributed by atoms with Crippen molar-refractivity contribution < 1.29 is 8.42 Å². The van der Waals surface area contributed by atoms with Crippen molar-refractivity contribution in [2.24, 2.45) is 0 Å². The second-order valence-electron chi connectivity index (χ2n) is 4.39. The van der Waals surface area contributed by atoms with Crippen LogP contribution >= 0.6 is 11.6 Å². The Hall–Kier alpha value is -1.79. The highest BCUT2D eigenvalue weighted by molar-refractivity contribution is 7.92. The smallest absolute Gasteiger partial charge is 0.229 e. The van der Waals surface area contributed by atoms with Gasteiger partial charge in [-0.1, -0.05) is 17.7 Å². The Balaban J connectivity index is 2.17. The number of sulfonamides is 1. The molecule has 2 N–H and O–H groups in total. The lowest BCUT2D eigenvalue weighted by atomic mass is 10.2. The van der Waals surface area contributed by atoms with Crippen LogP contribution < -0.4 is 10.0 Å². The van der Waals surface area contributed by atoms with E-state index in [4.69, 9.17) is 11.6 Å². The summed E-state index contributed by atoms with van der Waals surface area (Å²) >= 11 is 5.94. The van der Waals surface area contributed by atoms with Crippen LogP contribution in [0.25, 0.3) is 0 Å². The largest absolute Gasteiger partial charge is 0.340 e. The van der Waals surface area contributed by atoms with Gasteiger partial charge in [0.1, 0.15) is 5.82 Å². The van der Waals surface area contributed by atoms with Gasteiger partial charge in [0.25, 0.3) is 0 Å². The van der Waals surface area contributed by atoms with Gasteiger partial charge in [0, 0.05) is 10.7 Å². The highest BCUT2D eigenvalue weighted by Gasteiger charge is 2.04. The summed E-state index contributed by atoms with van der Waals surface area (Å²) in [7, 11) is -3.29. The highest BCUT2D eigenvalue weighted by Crippen LogP contribution is 2.23. The van der Waals surface area contributed by atoms with Crippen LogP contribution in [0.1, 0.15) is 5.56 Å². The third-order valence-corrected chi connectivity index (χ3v) is 3.37. The molecule has 0 aliphatic heterocycles. The van der Waals surface area contributed by atoms with Crippen molar-refractivity contribution in [2.75, 3.05) is 16.3 Å². The number of rotatable bonds is 4. The Morgan fingerprint density at radius 3 is 2.55 bits per heavy atom. The number of aromatic nitrogens is 1. The summed E-state index contributed by atoms with van der Waals surface area (Å²) in [4.78, 5) is 4.15. The van der Waals surface area contributed by atoms with E-state index in [1.807, 2.05) is 19.1 Å². The molecule has 0 aliphatic carbocycles. The van der Waals surface area contributed by atoms with Gasteiger partial charge in [-0.3, -0.25) is 4.72 Å². The Kier molecular flexibility index (Phi) is 4.15. The van der Waals surface area contributed by atoms with Crippen LogP contribution in [-0.4, -0.2) is 19.7 Å². The van der Waals surface area contributed by atoms with Crippen molar-refractivity contribution in [1.29, 1.82) is 0 Å². The number of aryl methyl sites for hydroxylation is 1. The minimum Gasteiger partial charge on any atom is -0.340 e. The van der Waals surface area contributed by atoms with Crippen LogP contribution in [0.2, 0.25) is 5.02 Å². The summed E-state index contributed by atoms with van der Waals surface area (Å²) in [6.45, 7) is 1.96. The topological polar surface area (TPSA) is 71.1 Å². The molecule has 2 aromatic rings. The molecule has 106 valence electrons. The fourth-order valence-electron chi connectivity index (χ4n) is 1.61. The monoisotopic (exact) mass is 311 g/mol. The van der Waals surface area contributed by atoms with Gasteiger partial charge in [0.15, 0.2) is 0 Å². The van der Waals surface area contributed by atoms with Crippen molar-refractivity contribution >= 4 is 38.8 Å². The first kappa shape index (κ1) is 14.6. The van der Waals surface area contributed by atoms with Crippen molar-refractivity contribution in [3.8, 4) is 0 Å². The van der Waals surface area contributed by atoms with E-state index in [-0.39, 0.29) is 0 Å². The van der Waals surface area contributed by atoms with Crippen molar-refractivity contribution in [1.82, 2.24) is 4.98 Å². The molecule has 5 nitrogen and oxygen atoms in total. The summed E-state index contributed by atoms with van der Waals surface area (Å²) in [5, 5.41) is 3.76. The Labute approximate surface area is 123 Å². The number of halogens is 1. The molecule has 0 amide bonds. The maximum absolute atomic E-state index is 11.1. The number of nitrogens with one attached hydrogen (secondary N) is 2. The molecule has 1 aromatic heterocycles. The van der Waals surface area contributed by atoms with Crippen LogP contribution in [0.4, 0.5) is 17.2 Å². The molecule has 0 saturated heterocycles. The summed E-state index contributed by atoms with van der Waals surface area (Å²) in [5.41, 5.74) is 2.31. The van der Waals surface area contributed by atoms with Crippen molar-refractivity contribution in [3.63, 3.8) is 0 Å². The van der Waals surface area contributed by atoms with E-state index in [1.165, 1.54) is 6.20 Å². The second-order valence-corrected chi connectivity index (χ2v) is 6.58. The molecule has 0 aliphatic rings. The van der Waals surface area contributed by atoms with Crippen LogP contribution in [0.3, 0.4) is 0 Å².